The molecule has 0 bridgehead atoms. The second-order valence-corrected chi connectivity index (χ2v) is 5.43. The molecule has 1 aromatic rings. The van der Waals surface area contributed by atoms with E-state index < -0.39 is 0 Å². The van der Waals surface area contributed by atoms with Gasteiger partial charge in [0.1, 0.15) is 0 Å². The minimum Gasteiger partial charge on any atom is -0.378 e. The van der Waals surface area contributed by atoms with Gasteiger partial charge >= 0.3 is 0 Å². The van der Waals surface area contributed by atoms with Crippen molar-refractivity contribution in [1.29, 1.82) is 0 Å². The van der Waals surface area contributed by atoms with Crippen LogP contribution in [0.3, 0.4) is 0 Å². The molecule has 2 heterocycles. The van der Waals surface area contributed by atoms with Crippen molar-refractivity contribution in [3.63, 3.8) is 0 Å². The summed E-state index contributed by atoms with van der Waals surface area (Å²) in [5.41, 5.74) is 0. The second kappa shape index (κ2) is 5.41. The molecule has 0 spiro atoms. The van der Waals surface area contributed by atoms with Crippen LogP contribution < -0.4 is 10.6 Å². The van der Waals surface area contributed by atoms with E-state index in [0.717, 1.165) is 24.2 Å². The van der Waals surface area contributed by atoms with Crippen molar-refractivity contribution in [3.8, 4) is 0 Å². The predicted octanol–water partition coefficient (Wildman–Crippen LogP) is 1.76. The predicted molar refractivity (Wildman–Crippen MR) is 66.4 cm³/mol. The molecule has 0 aliphatic carbocycles. The topological polar surface area (TPSA) is 33.3 Å². The van der Waals surface area contributed by atoms with E-state index in [1.807, 2.05) is 7.05 Å². The molecular weight excluding hydrogens is 276 g/mol. The van der Waals surface area contributed by atoms with Gasteiger partial charge in [-0.05, 0) is 29.0 Å². The molecule has 2 rings (SSSR count). The third-order valence-corrected chi connectivity index (χ3v) is 4.33. The lowest BCUT2D eigenvalue weighted by Gasteiger charge is -2.30. The van der Waals surface area contributed by atoms with Crippen molar-refractivity contribution in [3.05, 3.63) is 20.8 Å². The van der Waals surface area contributed by atoms with E-state index in [4.69, 9.17) is 4.74 Å². The number of hydrogen-bond acceptors (Lipinski definition) is 4. The molecule has 5 heteroatoms. The number of morpholine rings is 1. The Bertz CT molecular complexity index is 312. The molecule has 15 heavy (non-hydrogen) atoms. The highest BCUT2D eigenvalue weighted by molar-refractivity contribution is 9.10. The quantitative estimate of drug-likeness (QED) is 0.890. The third-order valence-electron chi connectivity index (χ3n) is 2.56. The van der Waals surface area contributed by atoms with Gasteiger partial charge in [0, 0.05) is 21.3 Å². The average Bonchev–Trinajstić information content (AvgIpc) is 2.68. The van der Waals surface area contributed by atoms with Crippen LogP contribution in [-0.2, 0) is 4.74 Å². The standard InChI is InChI=1S/C10H15BrN2OS/c1-12-10(8-5-14-3-2-13-8)9-4-7(11)6-15-9/h4,6,8,10,12-13H,2-3,5H2,1H3. The van der Waals surface area contributed by atoms with Crippen LogP contribution in [0.4, 0.5) is 0 Å². The number of halogens is 1. The first-order chi connectivity index (χ1) is 7.31. The van der Waals surface area contributed by atoms with Crippen molar-refractivity contribution in [2.75, 3.05) is 26.8 Å². The van der Waals surface area contributed by atoms with Crippen LogP contribution in [0.15, 0.2) is 15.9 Å². The Kier molecular flexibility index (Phi) is 4.16. The molecule has 0 radical (unpaired) electrons. The Morgan fingerprint density at radius 3 is 3.13 bits per heavy atom. The molecular formula is C10H15BrN2OS. The molecule has 1 aromatic heterocycles. The van der Waals surface area contributed by atoms with Gasteiger partial charge in [0.2, 0.25) is 0 Å². The maximum absolute atomic E-state index is 5.48. The minimum atomic E-state index is 0.335. The fourth-order valence-electron chi connectivity index (χ4n) is 1.83. The summed E-state index contributed by atoms with van der Waals surface area (Å²) in [5, 5.41) is 8.94. The van der Waals surface area contributed by atoms with Gasteiger partial charge in [-0.3, -0.25) is 0 Å². The molecule has 0 aromatic carbocycles. The monoisotopic (exact) mass is 290 g/mol. The Labute approximate surface area is 102 Å². The lowest BCUT2D eigenvalue weighted by Crippen LogP contribution is -2.48. The summed E-state index contributed by atoms with van der Waals surface area (Å²) in [5.74, 6) is 0. The minimum absolute atomic E-state index is 0.335. The van der Waals surface area contributed by atoms with E-state index in [1.165, 1.54) is 4.88 Å². The van der Waals surface area contributed by atoms with Crippen LogP contribution in [0.25, 0.3) is 0 Å². The number of rotatable bonds is 3. The van der Waals surface area contributed by atoms with Gasteiger partial charge in [-0.25, -0.2) is 0 Å². The average molecular weight is 291 g/mol. The Morgan fingerprint density at radius 1 is 1.73 bits per heavy atom. The highest BCUT2D eigenvalue weighted by atomic mass is 79.9. The van der Waals surface area contributed by atoms with Gasteiger partial charge in [-0.15, -0.1) is 11.3 Å². The summed E-state index contributed by atoms with van der Waals surface area (Å²) < 4.78 is 6.64. The van der Waals surface area contributed by atoms with E-state index in [0.29, 0.717) is 12.1 Å². The smallest absolute Gasteiger partial charge is 0.0639 e. The lowest BCUT2D eigenvalue weighted by atomic mass is 10.1. The maximum Gasteiger partial charge on any atom is 0.0639 e. The molecule has 1 saturated heterocycles. The zero-order valence-corrected chi connectivity index (χ0v) is 11.0. The molecule has 2 unspecified atom stereocenters. The molecule has 0 saturated carbocycles. The van der Waals surface area contributed by atoms with E-state index >= 15 is 0 Å². The first-order valence-electron chi connectivity index (χ1n) is 5.03. The van der Waals surface area contributed by atoms with Gasteiger partial charge in [0.25, 0.3) is 0 Å². The van der Waals surface area contributed by atoms with Crippen LogP contribution in [0.5, 0.6) is 0 Å². The van der Waals surface area contributed by atoms with Crippen LogP contribution in [-0.4, -0.2) is 32.8 Å². The van der Waals surface area contributed by atoms with Crippen molar-refractivity contribution in [2.45, 2.75) is 12.1 Å². The number of likely N-dealkylation sites (N-methyl/N-ethyl adjacent to an activating group) is 1. The first kappa shape index (κ1) is 11.5. The summed E-state index contributed by atoms with van der Waals surface area (Å²) in [6.07, 6.45) is 0. The molecule has 2 atom stereocenters. The lowest BCUT2D eigenvalue weighted by molar-refractivity contribution is 0.0650. The van der Waals surface area contributed by atoms with E-state index in [1.54, 1.807) is 11.3 Å². The Balaban J connectivity index is 2.08. The Morgan fingerprint density at radius 2 is 2.60 bits per heavy atom. The molecule has 84 valence electrons. The maximum atomic E-state index is 5.48. The van der Waals surface area contributed by atoms with Crippen LogP contribution in [0.1, 0.15) is 10.9 Å². The van der Waals surface area contributed by atoms with E-state index in [-0.39, 0.29) is 0 Å². The molecule has 3 nitrogen and oxygen atoms in total. The number of ether oxygens (including phenoxy) is 1. The van der Waals surface area contributed by atoms with Gasteiger partial charge < -0.3 is 15.4 Å². The zero-order chi connectivity index (χ0) is 10.7. The molecule has 1 aliphatic rings. The summed E-state index contributed by atoms with van der Waals surface area (Å²) in [7, 11) is 1.99. The van der Waals surface area contributed by atoms with Gasteiger partial charge in [-0.1, -0.05) is 0 Å². The first-order valence-corrected chi connectivity index (χ1v) is 6.71. The fourth-order valence-corrected chi connectivity index (χ4v) is 3.45. The van der Waals surface area contributed by atoms with Crippen molar-refractivity contribution >= 4 is 27.3 Å². The number of hydrogen-bond donors (Lipinski definition) is 2. The molecule has 2 N–H and O–H groups in total. The summed E-state index contributed by atoms with van der Waals surface area (Å²) in [6.45, 7) is 2.54. The normalized spacial score (nSPS) is 24.0. The highest BCUT2D eigenvalue weighted by Crippen LogP contribution is 2.27. The van der Waals surface area contributed by atoms with Crippen molar-refractivity contribution in [2.24, 2.45) is 0 Å². The Hall–Kier alpha value is 0.0600. The van der Waals surface area contributed by atoms with Gasteiger partial charge in [0.05, 0.1) is 25.3 Å². The zero-order valence-electron chi connectivity index (χ0n) is 8.63. The second-order valence-electron chi connectivity index (χ2n) is 3.57. The van der Waals surface area contributed by atoms with Crippen LogP contribution >= 0.6 is 27.3 Å². The summed E-state index contributed by atoms with van der Waals surface area (Å²) >= 11 is 5.26. The SMILES string of the molecule is CNC(c1cc(Br)cs1)C1COCCN1. The van der Waals surface area contributed by atoms with Gasteiger partial charge in [-0.2, -0.15) is 0 Å². The molecule has 0 amide bonds. The molecule has 1 aliphatic heterocycles. The fraction of sp³-hybridized carbons (Fsp3) is 0.600. The van der Waals surface area contributed by atoms with Crippen LogP contribution in [0.2, 0.25) is 0 Å². The van der Waals surface area contributed by atoms with E-state index in [2.05, 4.69) is 38.0 Å². The largest absolute Gasteiger partial charge is 0.378 e. The highest BCUT2D eigenvalue weighted by Gasteiger charge is 2.24. The molecule has 1 fully saturated rings. The summed E-state index contributed by atoms with van der Waals surface area (Å²) in [6, 6.07) is 2.87. The summed E-state index contributed by atoms with van der Waals surface area (Å²) in [4.78, 5) is 1.34. The number of thiophene rings is 1. The van der Waals surface area contributed by atoms with Crippen LogP contribution in [0, 0.1) is 0 Å². The van der Waals surface area contributed by atoms with Gasteiger partial charge in [0.15, 0.2) is 0 Å². The van der Waals surface area contributed by atoms with Crippen molar-refractivity contribution in [1.82, 2.24) is 10.6 Å². The number of nitrogens with one attached hydrogen (secondary N) is 2. The van der Waals surface area contributed by atoms with E-state index in [9.17, 15) is 0 Å². The third kappa shape index (κ3) is 2.79. The van der Waals surface area contributed by atoms with Crippen molar-refractivity contribution < 1.29 is 4.74 Å².